The molecule has 1 N–H and O–H groups in total. The van der Waals surface area contributed by atoms with Crippen LogP contribution in [0.15, 0.2) is 28.7 Å². The maximum Gasteiger partial charge on any atom is 0.421 e. The predicted molar refractivity (Wildman–Crippen MR) is 70.1 cm³/mol. The van der Waals surface area contributed by atoms with Gasteiger partial charge in [0.15, 0.2) is 0 Å². The lowest BCUT2D eigenvalue weighted by Crippen LogP contribution is -2.41. The van der Waals surface area contributed by atoms with E-state index in [1.54, 1.807) is 16.9 Å². The summed E-state index contributed by atoms with van der Waals surface area (Å²) in [6, 6.07) is 7.19. The fourth-order valence-corrected chi connectivity index (χ4v) is 2.19. The van der Waals surface area contributed by atoms with Gasteiger partial charge in [0.2, 0.25) is 0 Å². The van der Waals surface area contributed by atoms with Gasteiger partial charge in [-0.3, -0.25) is 0 Å². The largest absolute Gasteiger partial charge is 0.452 e. The molecule has 0 atom stereocenters. The average molecular weight is 337 g/mol. The van der Waals surface area contributed by atoms with Crippen molar-refractivity contribution in [3.8, 4) is 0 Å². The van der Waals surface area contributed by atoms with Gasteiger partial charge in [-0.1, -0.05) is 28.1 Å². The van der Waals surface area contributed by atoms with E-state index in [4.69, 9.17) is 0 Å². The maximum atomic E-state index is 11.7. The zero-order chi connectivity index (χ0) is 13.8. The Bertz CT molecular complexity index is 515. The van der Waals surface area contributed by atoms with Gasteiger partial charge >= 0.3 is 16.3 Å². The molecule has 0 saturated heterocycles. The third-order valence-corrected chi connectivity index (χ3v) is 4.03. The molecular formula is C10H13BrN2O4S. The second-order valence-corrected chi connectivity index (χ2v) is 6.17. The maximum absolute atomic E-state index is 11.7. The molecule has 0 radical (unpaired) electrons. The van der Waals surface area contributed by atoms with Crippen LogP contribution in [0.2, 0.25) is 0 Å². The summed E-state index contributed by atoms with van der Waals surface area (Å²) in [6.45, 7) is 0.152. The third-order valence-electron chi connectivity index (χ3n) is 2.13. The van der Waals surface area contributed by atoms with Gasteiger partial charge in [0.1, 0.15) is 0 Å². The van der Waals surface area contributed by atoms with Gasteiger partial charge in [-0.25, -0.2) is 9.52 Å². The lowest BCUT2D eigenvalue weighted by atomic mass is 10.2. The highest BCUT2D eigenvalue weighted by Crippen LogP contribution is 2.12. The Morgan fingerprint density at radius 3 is 2.44 bits per heavy atom. The first-order valence-electron chi connectivity index (χ1n) is 4.91. The first-order chi connectivity index (χ1) is 8.35. The molecule has 0 unspecified atom stereocenters. The molecule has 0 saturated carbocycles. The lowest BCUT2D eigenvalue weighted by molar-refractivity contribution is 0.177. The molecule has 0 fully saturated rings. The summed E-state index contributed by atoms with van der Waals surface area (Å²) in [5, 5.41) is 0. The molecule has 1 rings (SSSR count). The van der Waals surface area contributed by atoms with E-state index in [9.17, 15) is 13.2 Å². The first-order valence-corrected chi connectivity index (χ1v) is 7.15. The number of halogens is 1. The minimum absolute atomic E-state index is 0.152. The molecule has 6 nitrogen and oxygen atoms in total. The molecular weight excluding hydrogens is 324 g/mol. The van der Waals surface area contributed by atoms with E-state index in [2.05, 4.69) is 20.7 Å². The van der Waals surface area contributed by atoms with Crippen LogP contribution in [0.25, 0.3) is 0 Å². The topological polar surface area (TPSA) is 75.7 Å². The molecule has 0 bridgehead atoms. The zero-order valence-corrected chi connectivity index (χ0v) is 12.3. The molecule has 0 aliphatic heterocycles. The molecule has 1 aromatic rings. The average Bonchev–Trinajstić information content (AvgIpc) is 2.31. The van der Waals surface area contributed by atoms with Crippen molar-refractivity contribution in [3.05, 3.63) is 34.3 Å². The summed E-state index contributed by atoms with van der Waals surface area (Å²) in [6.07, 6.45) is -1.02. The monoisotopic (exact) mass is 336 g/mol. The number of ether oxygens (including phenoxy) is 1. The van der Waals surface area contributed by atoms with Crippen molar-refractivity contribution in [3.63, 3.8) is 0 Å². The van der Waals surface area contributed by atoms with Crippen molar-refractivity contribution in [1.29, 1.82) is 0 Å². The van der Waals surface area contributed by atoms with Gasteiger partial charge in [-0.15, -0.1) is 0 Å². The molecule has 0 aliphatic rings. The van der Waals surface area contributed by atoms with E-state index in [0.29, 0.717) is 0 Å². The third kappa shape index (κ3) is 4.28. The molecule has 0 aliphatic carbocycles. The second-order valence-electron chi connectivity index (χ2n) is 3.48. The highest BCUT2D eigenvalue weighted by Gasteiger charge is 2.20. The van der Waals surface area contributed by atoms with E-state index in [1.807, 2.05) is 12.1 Å². The first kappa shape index (κ1) is 14.9. The van der Waals surface area contributed by atoms with Crippen LogP contribution >= 0.6 is 15.9 Å². The second kappa shape index (κ2) is 6.17. The Morgan fingerprint density at radius 1 is 1.39 bits per heavy atom. The van der Waals surface area contributed by atoms with Crippen LogP contribution in [0.3, 0.4) is 0 Å². The number of rotatable bonds is 4. The number of nitrogens with zero attached hydrogens (tertiary/aromatic N) is 1. The van der Waals surface area contributed by atoms with Crippen LogP contribution < -0.4 is 4.72 Å². The van der Waals surface area contributed by atoms with Gasteiger partial charge < -0.3 is 4.74 Å². The van der Waals surface area contributed by atoms with E-state index < -0.39 is 16.3 Å². The highest BCUT2D eigenvalue weighted by molar-refractivity contribution is 9.10. The van der Waals surface area contributed by atoms with Gasteiger partial charge in [0.05, 0.1) is 7.11 Å². The Balaban J connectivity index is 2.72. The number of hydrogen-bond donors (Lipinski definition) is 1. The predicted octanol–water partition coefficient (Wildman–Crippen LogP) is 1.48. The molecule has 0 aromatic heterocycles. The Morgan fingerprint density at radius 2 is 1.94 bits per heavy atom. The Hall–Kier alpha value is -1.12. The standard InChI is InChI=1S/C10H13BrN2O4S/c1-13(18(15,16)12-10(14)17-2)7-8-3-5-9(11)6-4-8/h3-6H,7H2,1-2H3,(H,12,14). The van der Waals surface area contributed by atoms with Crippen LogP contribution in [-0.4, -0.2) is 33.0 Å². The Labute approximate surface area is 114 Å². The van der Waals surface area contributed by atoms with Crippen molar-refractivity contribution in [2.75, 3.05) is 14.2 Å². The minimum Gasteiger partial charge on any atom is -0.452 e. The highest BCUT2D eigenvalue weighted by atomic mass is 79.9. The summed E-state index contributed by atoms with van der Waals surface area (Å²) < 4.78 is 31.3. The van der Waals surface area contributed by atoms with Crippen LogP contribution in [0.5, 0.6) is 0 Å². The summed E-state index contributed by atoms with van der Waals surface area (Å²) in [5.41, 5.74) is 0.802. The minimum atomic E-state index is -3.88. The molecule has 1 aromatic carbocycles. The molecule has 1 amide bonds. The summed E-state index contributed by atoms with van der Waals surface area (Å²) in [5.74, 6) is 0. The van der Waals surface area contributed by atoms with Crippen molar-refractivity contribution in [2.24, 2.45) is 0 Å². The Kier molecular flexibility index (Phi) is 5.12. The molecule has 18 heavy (non-hydrogen) atoms. The zero-order valence-electron chi connectivity index (χ0n) is 9.88. The fraction of sp³-hybridized carbons (Fsp3) is 0.300. The molecule has 100 valence electrons. The number of methoxy groups -OCH3 is 1. The summed E-state index contributed by atoms with van der Waals surface area (Å²) in [4.78, 5) is 10.9. The number of benzene rings is 1. The number of carbonyl (C=O) groups is 1. The van der Waals surface area contributed by atoms with Gasteiger partial charge in [-0.05, 0) is 17.7 Å². The van der Waals surface area contributed by atoms with Crippen LogP contribution in [0.4, 0.5) is 4.79 Å². The smallest absolute Gasteiger partial charge is 0.421 e. The van der Waals surface area contributed by atoms with Gasteiger partial charge in [0, 0.05) is 18.1 Å². The van der Waals surface area contributed by atoms with E-state index in [-0.39, 0.29) is 6.54 Å². The van der Waals surface area contributed by atoms with Crippen molar-refractivity contribution >= 4 is 32.2 Å². The lowest BCUT2D eigenvalue weighted by Gasteiger charge is -2.17. The van der Waals surface area contributed by atoms with Crippen molar-refractivity contribution < 1.29 is 17.9 Å². The van der Waals surface area contributed by atoms with Crippen molar-refractivity contribution in [1.82, 2.24) is 9.03 Å². The van der Waals surface area contributed by atoms with Crippen LogP contribution in [0, 0.1) is 0 Å². The van der Waals surface area contributed by atoms with Gasteiger partial charge in [0.25, 0.3) is 0 Å². The van der Waals surface area contributed by atoms with E-state index in [0.717, 1.165) is 21.5 Å². The van der Waals surface area contributed by atoms with E-state index in [1.165, 1.54) is 7.05 Å². The molecule has 8 heteroatoms. The fourth-order valence-electron chi connectivity index (χ4n) is 1.16. The number of nitrogens with one attached hydrogen (secondary N) is 1. The summed E-state index contributed by atoms with van der Waals surface area (Å²) in [7, 11) is -1.42. The normalized spacial score (nSPS) is 11.3. The van der Waals surface area contributed by atoms with Crippen LogP contribution in [0.1, 0.15) is 5.56 Å². The number of amides is 1. The number of hydrogen-bond acceptors (Lipinski definition) is 4. The number of carbonyl (C=O) groups excluding carboxylic acids is 1. The molecule has 0 heterocycles. The van der Waals surface area contributed by atoms with E-state index >= 15 is 0 Å². The van der Waals surface area contributed by atoms with Gasteiger partial charge in [-0.2, -0.15) is 12.7 Å². The van der Waals surface area contributed by atoms with Crippen LogP contribution in [-0.2, 0) is 21.5 Å². The quantitative estimate of drug-likeness (QED) is 0.903. The molecule has 0 spiro atoms. The summed E-state index contributed by atoms with van der Waals surface area (Å²) >= 11 is 3.29. The SMILES string of the molecule is COC(=O)NS(=O)(=O)N(C)Cc1ccc(Br)cc1. The van der Waals surface area contributed by atoms with Crippen molar-refractivity contribution in [2.45, 2.75) is 6.54 Å².